The van der Waals surface area contributed by atoms with Gasteiger partial charge in [-0.25, -0.2) is 8.42 Å². The van der Waals surface area contributed by atoms with Gasteiger partial charge in [-0.15, -0.1) is 0 Å². The van der Waals surface area contributed by atoms with E-state index in [1.807, 2.05) is 6.92 Å². The Morgan fingerprint density at radius 1 is 1.22 bits per heavy atom. The number of rotatable bonds is 6. The van der Waals surface area contributed by atoms with Crippen LogP contribution in [0.25, 0.3) is 0 Å². The molecule has 0 aromatic carbocycles. The third kappa shape index (κ3) is 4.42. The number of carbonyl (C=O) groups excluding carboxylic acids is 1. The molecule has 2 rings (SSSR count). The highest BCUT2D eigenvalue weighted by molar-refractivity contribution is 7.89. The Morgan fingerprint density at radius 3 is 2.57 bits per heavy atom. The summed E-state index contributed by atoms with van der Waals surface area (Å²) in [4.78, 5) is 23.7. The molecule has 0 aliphatic carbocycles. The lowest BCUT2D eigenvalue weighted by Crippen LogP contribution is -2.37. The number of nitrogens with one attached hydrogen (secondary N) is 1. The van der Waals surface area contributed by atoms with Gasteiger partial charge >= 0.3 is 0 Å². The molecule has 7 nitrogen and oxygen atoms in total. The molecule has 0 radical (unpaired) electrons. The van der Waals surface area contributed by atoms with Gasteiger partial charge in [0.05, 0.1) is 4.90 Å². The third-order valence-corrected chi connectivity index (χ3v) is 5.68. The Bertz CT molecular complexity index is 706. The molecule has 1 aromatic rings. The van der Waals surface area contributed by atoms with E-state index >= 15 is 0 Å². The largest absolute Gasteiger partial charge is 0.355 e. The zero-order valence-electron chi connectivity index (χ0n) is 13.3. The molecule has 1 amide bonds. The van der Waals surface area contributed by atoms with Crippen LogP contribution in [-0.4, -0.2) is 42.8 Å². The Labute approximate surface area is 136 Å². The van der Waals surface area contributed by atoms with Crippen molar-refractivity contribution in [2.24, 2.45) is 0 Å². The van der Waals surface area contributed by atoms with E-state index in [1.54, 1.807) is 0 Å². The van der Waals surface area contributed by atoms with Crippen molar-refractivity contribution in [3.63, 3.8) is 0 Å². The van der Waals surface area contributed by atoms with E-state index in [2.05, 4.69) is 5.32 Å². The Balaban J connectivity index is 2.22. The molecule has 1 saturated heterocycles. The lowest BCUT2D eigenvalue weighted by Gasteiger charge is -2.26. The van der Waals surface area contributed by atoms with E-state index in [-0.39, 0.29) is 17.3 Å². The fraction of sp³-hybridized carbons (Fsp3) is 0.600. The number of amides is 1. The van der Waals surface area contributed by atoms with E-state index in [9.17, 15) is 18.0 Å². The van der Waals surface area contributed by atoms with Crippen LogP contribution in [-0.2, 0) is 21.4 Å². The predicted octanol–water partition coefficient (Wildman–Crippen LogP) is 0.549. The summed E-state index contributed by atoms with van der Waals surface area (Å²) in [5.74, 6) is -0.304. The molecule has 0 spiro atoms. The van der Waals surface area contributed by atoms with Crippen LogP contribution in [0.3, 0.4) is 0 Å². The van der Waals surface area contributed by atoms with Crippen molar-refractivity contribution in [3.05, 3.63) is 28.7 Å². The maximum absolute atomic E-state index is 12.6. The zero-order chi connectivity index (χ0) is 16.9. The summed E-state index contributed by atoms with van der Waals surface area (Å²) >= 11 is 0. The first-order chi connectivity index (χ1) is 10.9. The first kappa shape index (κ1) is 17.7. The molecule has 2 heterocycles. The number of carbonyl (C=O) groups is 1. The second kappa shape index (κ2) is 7.74. The van der Waals surface area contributed by atoms with Crippen LogP contribution in [0.5, 0.6) is 0 Å². The minimum Gasteiger partial charge on any atom is -0.355 e. The van der Waals surface area contributed by atoms with Crippen LogP contribution >= 0.6 is 0 Å². The second-order valence-electron chi connectivity index (χ2n) is 5.65. The van der Waals surface area contributed by atoms with Gasteiger partial charge in [-0.1, -0.05) is 13.3 Å². The number of hydrogen-bond acceptors (Lipinski definition) is 4. The lowest BCUT2D eigenvalue weighted by molar-refractivity contribution is -0.121. The number of pyridine rings is 1. The van der Waals surface area contributed by atoms with Crippen molar-refractivity contribution in [3.8, 4) is 0 Å². The van der Waals surface area contributed by atoms with Gasteiger partial charge in [0.15, 0.2) is 0 Å². The molecule has 0 unspecified atom stereocenters. The van der Waals surface area contributed by atoms with Gasteiger partial charge in [-0.3, -0.25) is 9.59 Å². The molecule has 23 heavy (non-hydrogen) atoms. The van der Waals surface area contributed by atoms with Gasteiger partial charge in [0, 0.05) is 31.9 Å². The normalized spacial score (nSPS) is 16.2. The molecule has 1 fully saturated rings. The van der Waals surface area contributed by atoms with Gasteiger partial charge in [0.1, 0.15) is 6.54 Å². The van der Waals surface area contributed by atoms with Gasteiger partial charge in [-0.05, 0) is 25.3 Å². The monoisotopic (exact) mass is 341 g/mol. The Morgan fingerprint density at radius 2 is 1.91 bits per heavy atom. The maximum atomic E-state index is 12.6. The van der Waals surface area contributed by atoms with E-state index in [0.717, 1.165) is 30.3 Å². The van der Waals surface area contributed by atoms with Gasteiger partial charge < -0.3 is 9.88 Å². The number of aromatic nitrogens is 1. The molecule has 1 aromatic heterocycles. The molecule has 1 N–H and O–H groups in total. The predicted molar refractivity (Wildman–Crippen MR) is 86.6 cm³/mol. The van der Waals surface area contributed by atoms with Gasteiger partial charge in [0.2, 0.25) is 15.9 Å². The lowest BCUT2D eigenvalue weighted by atomic mass is 10.2. The van der Waals surface area contributed by atoms with Crippen LogP contribution in [0.1, 0.15) is 32.6 Å². The summed E-state index contributed by atoms with van der Waals surface area (Å²) in [6.45, 7) is 3.27. The van der Waals surface area contributed by atoms with Crippen molar-refractivity contribution in [2.75, 3.05) is 19.6 Å². The van der Waals surface area contributed by atoms with Gasteiger partial charge in [-0.2, -0.15) is 4.31 Å². The van der Waals surface area contributed by atoms with Crippen LogP contribution in [0.2, 0.25) is 0 Å². The van der Waals surface area contributed by atoms with Crippen LogP contribution in [0.4, 0.5) is 0 Å². The summed E-state index contributed by atoms with van der Waals surface area (Å²) in [5, 5.41) is 2.67. The first-order valence-electron chi connectivity index (χ1n) is 7.92. The SMILES string of the molecule is CCCNC(=O)Cn1cc(S(=O)(=O)N2CCCCC2)ccc1=O. The molecule has 8 heteroatoms. The van der Waals surface area contributed by atoms with Gasteiger partial charge in [0.25, 0.3) is 5.56 Å². The van der Waals surface area contributed by atoms with Crippen molar-refractivity contribution in [1.29, 1.82) is 0 Å². The van der Waals surface area contributed by atoms with E-state index in [0.29, 0.717) is 19.6 Å². The quantitative estimate of drug-likeness (QED) is 0.818. The highest BCUT2D eigenvalue weighted by Crippen LogP contribution is 2.19. The standard InChI is InChI=1S/C15H23N3O4S/c1-2-8-16-14(19)12-17-11-13(6-7-15(17)20)23(21,22)18-9-4-3-5-10-18/h6-7,11H,2-5,8-10,12H2,1H3,(H,16,19). The summed E-state index contributed by atoms with van der Waals surface area (Å²) in [7, 11) is -3.61. The molecule has 0 atom stereocenters. The molecule has 0 bridgehead atoms. The number of sulfonamides is 1. The van der Waals surface area contributed by atoms with Crippen molar-refractivity contribution in [1.82, 2.24) is 14.2 Å². The minimum atomic E-state index is -3.61. The summed E-state index contributed by atoms with van der Waals surface area (Å²) in [6.07, 6.45) is 4.78. The number of hydrogen-bond donors (Lipinski definition) is 1. The molecule has 0 saturated carbocycles. The molecule has 128 valence electrons. The molecule has 1 aliphatic rings. The zero-order valence-corrected chi connectivity index (χ0v) is 14.1. The number of nitrogens with zero attached hydrogens (tertiary/aromatic N) is 2. The van der Waals surface area contributed by atoms with Crippen molar-refractivity contribution in [2.45, 2.75) is 44.0 Å². The highest BCUT2D eigenvalue weighted by atomic mass is 32.2. The third-order valence-electron chi connectivity index (χ3n) is 3.80. The Hall–Kier alpha value is -1.67. The topological polar surface area (TPSA) is 88.5 Å². The van der Waals surface area contributed by atoms with E-state index < -0.39 is 15.6 Å². The fourth-order valence-corrected chi connectivity index (χ4v) is 4.05. The average molecular weight is 341 g/mol. The fourth-order valence-electron chi connectivity index (χ4n) is 2.51. The van der Waals surface area contributed by atoms with Crippen LogP contribution in [0.15, 0.2) is 28.0 Å². The summed E-state index contributed by atoms with van der Waals surface area (Å²) in [5.41, 5.74) is -0.394. The highest BCUT2D eigenvalue weighted by Gasteiger charge is 2.26. The number of piperidine rings is 1. The molecular weight excluding hydrogens is 318 g/mol. The van der Waals surface area contributed by atoms with Crippen LogP contribution < -0.4 is 10.9 Å². The van der Waals surface area contributed by atoms with E-state index in [1.165, 1.54) is 22.6 Å². The molecular formula is C15H23N3O4S. The van der Waals surface area contributed by atoms with Crippen LogP contribution in [0, 0.1) is 0 Å². The Kier molecular flexibility index (Phi) is 5.95. The maximum Gasteiger partial charge on any atom is 0.251 e. The second-order valence-corrected chi connectivity index (χ2v) is 7.58. The van der Waals surface area contributed by atoms with E-state index in [4.69, 9.17) is 0 Å². The first-order valence-corrected chi connectivity index (χ1v) is 9.36. The molecule has 1 aliphatic heterocycles. The summed E-state index contributed by atoms with van der Waals surface area (Å²) < 4.78 is 27.8. The van der Waals surface area contributed by atoms with Crippen molar-refractivity contribution >= 4 is 15.9 Å². The smallest absolute Gasteiger partial charge is 0.251 e. The average Bonchev–Trinajstić information content (AvgIpc) is 2.55. The van der Waals surface area contributed by atoms with Crippen molar-refractivity contribution < 1.29 is 13.2 Å². The minimum absolute atomic E-state index is 0.0577. The summed E-state index contributed by atoms with van der Waals surface area (Å²) in [6, 6.07) is 2.51.